The molecular formula is C14H16N2O. The maximum Gasteiger partial charge on any atom is 0.130 e. The molecule has 88 valence electrons. The molecule has 1 heterocycles. The van der Waals surface area contributed by atoms with Crippen molar-refractivity contribution >= 4 is 0 Å². The molecule has 0 amide bonds. The number of nitrogens with zero attached hydrogens (tertiary/aromatic N) is 1. The second kappa shape index (κ2) is 5.46. The summed E-state index contributed by atoms with van der Waals surface area (Å²) >= 11 is 0. The lowest BCUT2D eigenvalue weighted by molar-refractivity contribution is 0.301. The number of rotatable bonds is 4. The molecule has 0 saturated heterocycles. The number of aromatic nitrogens is 1. The smallest absolute Gasteiger partial charge is 0.130 e. The van der Waals surface area contributed by atoms with Gasteiger partial charge in [-0.15, -0.1) is 0 Å². The lowest BCUT2D eigenvalue weighted by atomic mass is 10.2. The lowest BCUT2D eigenvalue weighted by Crippen LogP contribution is -2.00. The first kappa shape index (κ1) is 11.6. The highest BCUT2D eigenvalue weighted by atomic mass is 16.5. The third-order valence-electron chi connectivity index (χ3n) is 2.49. The Kier molecular flexibility index (Phi) is 3.73. The summed E-state index contributed by atoms with van der Waals surface area (Å²) in [6, 6.07) is 13.7. The van der Waals surface area contributed by atoms with Gasteiger partial charge in [0.1, 0.15) is 12.4 Å². The van der Waals surface area contributed by atoms with Crippen LogP contribution in [0.3, 0.4) is 0 Å². The third-order valence-corrected chi connectivity index (χ3v) is 2.49. The summed E-state index contributed by atoms with van der Waals surface area (Å²) in [4.78, 5) is 4.38. The summed E-state index contributed by atoms with van der Waals surface area (Å²) in [5.74, 6) is 0.838. The highest BCUT2D eigenvalue weighted by Crippen LogP contribution is 2.13. The number of ether oxygens (including phenoxy) is 1. The van der Waals surface area contributed by atoms with Gasteiger partial charge in [-0.25, -0.2) is 0 Å². The highest BCUT2D eigenvalue weighted by molar-refractivity contribution is 5.27. The summed E-state index contributed by atoms with van der Waals surface area (Å²) in [6.07, 6.45) is 0. The molecule has 0 atom stereocenters. The number of hydrogen-bond acceptors (Lipinski definition) is 3. The Morgan fingerprint density at radius 2 is 1.88 bits per heavy atom. The van der Waals surface area contributed by atoms with Crippen molar-refractivity contribution < 1.29 is 4.74 Å². The predicted octanol–water partition coefficient (Wildman–Crippen LogP) is 2.43. The fourth-order valence-corrected chi connectivity index (χ4v) is 1.56. The molecule has 0 saturated carbocycles. The van der Waals surface area contributed by atoms with Crippen LogP contribution in [-0.4, -0.2) is 4.98 Å². The number of hydrogen-bond donors (Lipinski definition) is 1. The molecular weight excluding hydrogens is 212 g/mol. The molecule has 0 aliphatic heterocycles. The molecule has 0 aliphatic carbocycles. The summed E-state index contributed by atoms with van der Waals surface area (Å²) in [6.45, 7) is 3.02. The van der Waals surface area contributed by atoms with Crippen LogP contribution in [-0.2, 0) is 13.2 Å². The Balaban J connectivity index is 1.97. The number of pyridine rings is 1. The van der Waals surface area contributed by atoms with Crippen molar-refractivity contribution in [3.63, 3.8) is 0 Å². The summed E-state index contributed by atoms with van der Waals surface area (Å²) in [5.41, 5.74) is 8.58. The molecule has 3 heteroatoms. The molecule has 1 aromatic carbocycles. The van der Waals surface area contributed by atoms with Gasteiger partial charge in [-0.1, -0.05) is 18.2 Å². The van der Waals surface area contributed by atoms with E-state index in [1.165, 1.54) is 0 Å². The minimum atomic E-state index is 0.490. The van der Waals surface area contributed by atoms with Gasteiger partial charge in [0.25, 0.3) is 0 Å². The quantitative estimate of drug-likeness (QED) is 0.874. The standard InChI is InChI=1S/C14H16N2O/c1-11-3-2-4-13(16-11)10-17-14-7-5-12(9-15)6-8-14/h2-8H,9-10,15H2,1H3. The van der Waals surface area contributed by atoms with E-state index in [9.17, 15) is 0 Å². The lowest BCUT2D eigenvalue weighted by Gasteiger charge is -2.06. The van der Waals surface area contributed by atoms with Crippen LogP contribution < -0.4 is 10.5 Å². The van der Waals surface area contributed by atoms with Crippen LogP contribution in [0.4, 0.5) is 0 Å². The molecule has 0 aliphatic rings. The van der Waals surface area contributed by atoms with Crippen LogP contribution in [0, 0.1) is 6.92 Å². The monoisotopic (exact) mass is 228 g/mol. The van der Waals surface area contributed by atoms with E-state index in [0.29, 0.717) is 13.2 Å². The van der Waals surface area contributed by atoms with Gasteiger partial charge < -0.3 is 10.5 Å². The summed E-state index contributed by atoms with van der Waals surface area (Å²) in [7, 11) is 0. The molecule has 1 aromatic heterocycles. The first-order valence-electron chi connectivity index (χ1n) is 5.62. The Labute approximate surface area is 101 Å². The average molecular weight is 228 g/mol. The molecule has 2 rings (SSSR count). The second-order valence-corrected chi connectivity index (χ2v) is 3.91. The number of aryl methyl sites for hydroxylation is 1. The van der Waals surface area contributed by atoms with Crippen LogP contribution in [0.2, 0.25) is 0 Å². The van der Waals surface area contributed by atoms with Gasteiger partial charge in [0.05, 0.1) is 5.69 Å². The normalized spacial score (nSPS) is 10.2. The van der Waals surface area contributed by atoms with Gasteiger partial charge in [-0.2, -0.15) is 0 Å². The van der Waals surface area contributed by atoms with Crippen LogP contribution in [0.25, 0.3) is 0 Å². The van der Waals surface area contributed by atoms with Crippen LogP contribution >= 0.6 is 0 Å². The topological polar surface area (TPSA) is 48.1 Å². The minimum Gasteiger partial charge on any atom is -0.487 e. The molecule has 17 heavy (non-hydrogen) atoms. The van der Waals surface area contributed by atoms with Gasteiger partial charge in [-0.3, -0.25) is 4.98 Å². The fourth-order valence-electron chi connectivity index (χ4n) is 1.56. The zero-order valence-electron chi connectivity index (χ0n) is 9.89. The van der Waals surface area contributed by atoms with E-state index in [0.717, 1.165) is 22.7 Å². The highest BCUT2D eigenvalue weighted by Gasteiger charge is 1.97. The Hall–Kier alpha value is -1.87. The van der Waals surface area contributed by atoms with Crippen molar-refractivity contribution in [3.05, 3.63) is 59.4 Å². The van der Waals surface area contributed by atoms with Gasteiger partial charge in [-0.05, 0) is 36.8 Å². The van der Waals surface area contributed by atoms with Gasteiger partial charge in [0, 0.05) is 12.2 Å². The molecule has 3 nitrogen and oxygen atoms in total. The van der Waals surface area contributed by atoms with Crippen molar-refractivity contribution in [2.75, 3.05) is 0 Å². The molecule has 2 aromatic rings. The molecule has 0 fully saturated rings. The fraction of sp³-hybridized carbons (Fsp3) is 0.214. The second-order valence-electron chi connectivity index (χ2n) is 3.91. The van der Waals surface area contributed by atoms with Crippen molar-refractivity contribution in [1.82, 2.24) is 4.98 Å². The van der Waals surface area contributed by atoms with Crippen LogP contribution in [0.15, 0.2) is 42.5 Å². The molecule has 0 unspecified atom stereocenters. The van der Waals surface area contributed by atoms with Crippen LogP contribution in [0.1, 0.15) is 17.0 Å². The molecule has 2 N–H and O–H groups in total. The zero-order chi connectivity index (χ0) is 12.1. The van der Waals surface area contributed by atoms with Gasteiger partial charge >= 0.3 is 0 Å². The average Bonchev–Trinajstić information content (AvgIpc) is 2.37. The molecule has 0 radical (unpaired) electrons. The molecule has 0 spiro atoms. The summed E-state index contributed by atoms with van der Waals surface area (Å²) < 4.78 is 5.64. The third kappa shape index (κ3) is 3.29. The Morgan fingerprint density at radius 3 is 2.53 bits per heavy atom. The first-order valence-corrected chi connectivity index (χ1v) is 5.62. The molecule has 0 bridgehead atoms. The van der Waals surface area contributed by atoms with Crippen molar-refractivity contribution in [3.8, 4) is 5.75 Å². The Morgan fingerprint density at radius 1 is 1.12 bits per heavy atom. The van der Waals surface area contributed by atoms with Gasteiger partial charge in [0.2, 0.25) is 0 Å². The maximum atomic E-state index is 5.64. The maximum absolute atomic E-state index is 5.64. The van der Waals surface area contributed by atoms with E-state index < -0.39 is 0 Å². The van der Waals surface area contributed by atoms with E-state index in [2.05, 4.69) is 4.98 Å². The Bertz CT molecular complexity index is 480. The summed E-state index contributed by atoms with van der Waals surface area (Å²) in [5, 5.41) is 0. The van der Waals surface area contributed by atoms with E-state index in [1.807, 2.05) is 49.4 Å². The van der Waals surface area contributed by atoms with E-state index in [4.69, 9.17) is 10.5 Å². The van der Waals surface area contributed by atoms with Crippen molar-refractivity contribution in [2.45, 2.75) is 20.1 Å². The van der Waals surface area contributed by atoms with Crippen molar-refractivity contribution in [1.29, 1.82) is 0 Å². The van der Waals surface area contributed by atoms with E-state index in [-0.39, 0.29) is 0 Å². The predicted molar refractivity (Wildman–Crippen MR) is 67.6 cm³/mol. The SMILES string of the molecule is Cc1cccc(COc2ccc(CN)cc2)n1. The van der Waals surface area contributed by atoms with E-state index >= 15 is 0 Å². The zero-order valence-corrected chi connectivity index (χ0v) is 9.89. The number of benzene rings is 1. The van der Waals surface area contributed by atoms with Crippen molar-refractivity contribution in [2.24, 2.45) is 5.73 Å². The van der Waals surface area contributed by atoms with E-state index in [1.54, 1.807) is 0 Å². The van der Waals surface area contributed by atoms with Gasteiger partial charge in [0.15, 0.2) is 0 Å². The van der Waals surface area contributed by atoms with Crippen LogP contribution in [0.5, 0.6) is 5.75 Å². The minimum absolute atomic E-state index is 0.490. The first-order chi connectivity index (χ1) is 8.28. The largest absolute Gasteiger partial charge is 0.487 e. The number of nitrogens with two attached hydrogens (primary N) is 1.